The van der Waals surface area contributed by atoms with Crippen molar-refractivity contribution in [2.24, 2.45) is 0 Å². The highest BCUT2D eigenvalue weighted by Crippen LogP contribution is 2.20. The highest BCUT2D eigenvalue weighted by Gasteiger charge is 2.16. The number of ether oxygens (including phenoxy) is 1. The van der Waals surface area contributed by atoms with Gasteiger partial charge in [0.05, 0.1) is 18.9 Å². The number of halogens is 1. The predicted octanol–water partition coefficient (Wildman–Crippen LogP) is 2.36. The van der Waals surface area contributed by atoms with E-state index in [1.54, 1.807) is 6.33 Å². The Morgan fingerprint density at radius 3 is 2.63 bits per heavy atom. The van der Waals surface area contributed by atoms with Gasteiger partial charge in [-0.05, 0) is 12.1 Å². The lowest BCUT2D eigenvalue weighted by Gasteiger charge is -2.26. The average molecular weight is 278 g/mol. The van der Waals surface area contributed by atoms with Crippen LogP contribution < -0.4 is 0 Å². The summed E-state index contributed by atoms with van der Waals surface area (Å²) in [5, 5.41) is 0.579. The largest absolute Gasteiger partial charge is 0.379 e. The van der Waals surface area contributed by atoms with Crippen LogP contribution in [0.4, 0.5) is 0 Å². The van der Waals surface area contributed by atoms with Gasteiger partial charge in [0.2, 0.25) is 0 Å². The van der Waals surface area contributed by atoms with Crippen molar-refractivity contribution in [3.8, 4) is 5.69 Å². The molecule has 100 valence electrons. The van der Waals surface area contributed by atoms with Crippen LogP contribution in [-0.2, 0) is 11.3 Å². The first-order chi connectivity index (χ1) is 9.34. The molecule has 1 saturated heterocycles. The van der Waals surface area contributed by atoms with E-state index < -0.39 is 0 Å². The first-order valence-electron chi connectivity index (χ1n) is 6.42. The number of hydrogen-bond acceptors (Lipinski definition) is 3. The Labute approximate surface area is 117 Å². The molecule has 19 heavy (non-hydrogen) atoms. The summed E-state index contributed by atoms with van der Waals surface area (Å²) < 4.78 is 7.42. The second kappa shape index (κ2) is 5.74. The van der Waals surface area contributed by atoms with E-state index >= 15 is 0 Å². The van der Waals surface area contributed by atoms with Crippen LogP contribution in [0.1, 0.15) is 5.69 Å². The van der Waals surface area contributed by atoms with E-state index in [0.29, 0.717) is 5.15 Å². The van der Waals surface area contributed by atoms with E-state index in [-0.39, 0.29) is 0 Å². The zero-order valence-electron chi connectivity index (χ0n) is 10.6. The van der Waals surface area contributed by atoms with Crippen LogP contribution in [0, 0.1) is 0 Å². The molecule has 0 radical (unpaired) electrons. The van der Waals surface area contributed by atoms with Crippen LogP contribution in [0.15, 0.2) is 36.7 Å². The van der Waals surface area contributed by atoms with Crippen molar-refractivity contribution < 1.29 is 4.74 Å². The van der Waals surface area contributed by atoms with Crippen molar-refractivity contribution in [3.05, 3.63) is 47.5 Å². The minimum atomic E-state index is 0.579. The average Bonchev–Trinajstić information content (AvgIpc) is 2.82. The molecule has 1 aromatic heterocycles. The smallest absolute Gasteiger partial charge is 0.151 e. The van der Waals surface area contributed by atoms with Crippen LogP contribution in [-0.4, -0.2) is 40.8 Å². The molecule has 4 nitrogen and oxygen atoms in total. The van der Waals surface area contributed by atoms with E-state index in [1.165, 1.54) is 0 Å². The van der Waals surface area contributed by atoms with Gasteiger partial charge in [-0.3, -0.25) is 4.90 Å². The molecule has 0 amide bonds. The number of nitrogens with zero attached hydrogens (tertiary/aromatic N) is 3. The van der Waals surface area contributed by atoms with Crippen molar-refractivity contribution >= 4 is 11.6 Å². The third-order valence-electron chi connectivity index (χ3n) is 3.33. The molecule has 1 fully saturated rings. The molecule has 2 heterocycles. The van der Waals surface area contributed by atoms with Crippen molar-refractivity contribution in [2.45, 2.75) is 6.54 Å². The molecule has 2 aromatic rings. The van der Waals surface area contributed by atoms with Gasteiger partial charge in [-0.15, -0.1) is 0 Å². The van der Waals surface area contributed by atoms with Gasteiger partial charge < -0.3 is 9.30 Å². The highest BCUT2D eigenvalue weighted by molar-refractivity contribution is 6.30. The normalized spacial score (nSPS) is 16.7. The minimum Gasteiger partial charge on any atom is -0.379 e. The van der Waals surface area contributed by atoms with Gasteiger partial charge in [-0.1, -0.05) is 29.8 Å². The van der Waals surface area contributed by atoms with Crippen molar-refractivity contribution in [1.29, 1.82) is 0 Å². The standard InChI is InChI=1S/C14H16ClN3O/c15-14-13(10-17-6-8-19-9-7-17)18(11-16-14)12-4-2-1-3-5-12/h1-5,11H,6-10H2. The number of aromatic nitrogens is 2. The molecule has 0 saturated carbocycles. The quantitative estimate of drug-likeness (QED) is 0.863. The molecular formula is C14H16ClN3O. The molecule has 0 unspecified atom stereocenters. The Morgan fingerprint density at radius 1 is 1.16 bits per heavy atom. The second-order valence-electron chi connectivity index (χ2n) is 4.58. The fraction of sp³-hybridized carbons (Fsp3) is 0.357. The number of rotatable bonds is 3. The maximum atomic E-state index is 6.22. The van der Waals surface area contributed by atoms with Gasteiger partial charge in [0, 0.05) is 25.3 Å². The molecular weight excluding hydrogens is 262 g/mol. The number of imidazole rings is 1. The molecule has 0 bridgehead atoms. The van der Waals surface area contributed by atoms with Crippen LogP contribution in [0.2, 0.25) is 5.15 Å². The molecule has 1 aromatic carbocycles. The number of benzene rings is 1. The lowest BCUT2D eigenvalue weighted by molar-refractivity contribution is 0.0334. The zero-order valence-corrected chi connectivity index (χ0v) is 11.4. The Kier molecular flexibility index (Phi) is 3.82. The van der Waals surface area contributed by atoms with Crippen LogP contribution >= 0.6 is 11.6 Å². The van der Waals surface area contributed by atoms with Gasteiger partial charge in [0.25, 0.3) is 0 Å². The van der Waals surface area contributed by atoms with Crippen LogP contribution in [0.5, 0.6) is 0 Å². The fourth-order valence-electron chi connectivity index (χ4n) is 2.28. The summed E-state index contributed by atoms with van der Waals surface area (Å²) >= 11 is 6.22. The topological polar surface area (TPSA) is 30.3 Å². The maximum Gasteiger partial charge on any atom is 0.151 e. The molecule has 0 aliphatic carbocycles. The summed E-state index contributed by atoms with van der Waals surface area (Å²) in [7, 11) is 0. The molecule has 5 heteroatoms. The van der Waals surface area contributed by atoms with Crippen molar-refractivity contribution in [3.63, 3.8) is 0 Å². The van der Waals surface area contributed by atoms with Crippen molar-refractivity contribution in [2.75, 3.05) is 26.3 Å². The Morgan fingerprint density at radius 2 is 1.89 bits per heavy atom. The van der Waals surface area contributed by atoms with E-state index in [0.717, 1.165) is 44.2 Å². The highest BCUT2D eigenvalue weighted by atomic mass is 35.5. The molecule has 1 aliphatic rings. The summed E-state index contributed by atoms with van der Waals surface area (Å²) in [4.78, 5) is 6.57. The van der Waals surface area contributed by atoms with E-state index in [9.17, 15) is 0 Å². The summed E-state index contributed by atoms with van der Waals surface area (Å²) in [6, 6.07) is 10.1. The Bertz CT molecular complexity index is 535. The number of para-hydroxylation sites is 1. The summed E-state index contributed by atoms with van der Waals surface area (Å²) in [5.41, 5.74) is 2.12. The van der Waals surface area contributed by atoms with Gasteiger partial charge in [-0.25, -0.2) is 4.98 Å². The van der Waals surface area contributed by atoms with Crippen LogP contribution in [0.25, 0.3) is 5.69 Å². The fourth-order valence-corrected chi connectivity index (χ4v) is 2.47. The first-order valence-corrected chi connectivity index (χ1v) is 6.79. The molecule has 0 spiro atoms. The lowest BCUT2D eigenvalue weighted by atomic mass is 10.3. The van der Waals surface area contributed by atoms with E-state index in [2.05, 4.69) is 26.6 Å². The number of morpholine rings is 1. The molecule has 1 aliphatic heterocycles. The number of hydrogen-bond donors (Lipinski definition) is 0. The monoisotopic (exact) mass is 277 g/mol. The Balaban J connectivity index is 1.86. The van der Waals surface area contributed by atoms with E-state index in [4.69, 9.17) is 16.3 Å². The Hall–Kier alpha value is -1.36. The molecule has 0 atom stereocenters. The van der Waals surface area contributed by atoms with Crippen LogP contribution in [0.3, 0.4) is 0 Å². The van der Waals surface area contributed by atoms with Gasteiger partial charge in [-0.2, -0.15) is 0 Å². The van der Waals surface area contributed by atoms with Gasteiger partial charge in [0.15, 0.2) is 5.15 Å². The third-order valence-corrected chi connectivity index (χ3v) is 3.64. The SMILES string of the molecule is Clc1ncn(-c2ccccc2)c1CN1CCOCC1. The molecule has 3 rings (SSSR count). The first kappa shape index (κ1) is 12.7. The summed E-state index contributed by atoms with van der Waals surface area (Å²) in [6.45, 7) is 4.26. The predicted molar refractivity (Wildman–Crippen MR) is 74.7 cm³/mol. The lowest BCUT2D eigenvalue weighted by Crippen LogP contribution is -2.36. The zero-order chi connectivity index (χ0) is 13.1. The summed E-state index contributed by atoms with van der Waals surface area (Å²) in [5.74, 6) is 0. The minimum absolute atomic E-state index is 0.579. The van der Waals surface area contributed by atoms with E-state index in [1.807, 2.05) is 18.2 Å². The van der Waals surface area contributed by atoms with Gasteiger partial charge in [0.1, 0.15) is 6.33 Å². The molecule has 0 N–H and O–H groups in total. The summed E-state index contributed by atoms with van der Waals surface area (Å²) in [6.07, 6.45) is 1.79. The maximum absolute atomic E-state index is 6.22. The third kappa shape index (κ3) is 2.81. The van der Waals surface area contributed by atoms with Crippen molar-refractivity contribution in [1.82, 2.24) is 14.5 Å². The van der Waals surface area contributed by atoms with Gasteiger partial charge >= 0.3 is 0 Å². The second-order valence-corrected chi connectivity index (χ2v) is 4.93.